The summed E-state index contributed by atoms with van der Waals surface area (Å²) in [5, 5.41) is 9.81. The number of hydrogen-bond donors (Lipinski definition) is 1. The van der Waals surface area contributed by atoms with Crippen molar-refractivity contribution in [2.45, 2.75) is 29.2 Å². The molecule has 0 amide bonds. The van der Waals surface area contributed by atoms with Gasteiger partial charge in [-0.1, -0.05) is 35.9 Å². The molecule has 166 valence electrons. The number of ether oxygens (including phenoxy) is 2. The molecule has 1 aliphatic heterocycles. The van der Waals surface area contributed by atoms with Crippen LogP contribution in [0, 0.1) is 0 Å². The van der Waals surface area contributed by atoms with Gasteiger partial charge in [0.05, 0.1) is 0 Å². The van der Waals surface area contributed by atoms with Gasteiger partial charge in [-0.3, -0.25) is 4.90 Å². The molecule has 0 fully saturated rings. The van der Waals surface area contributed by atoms with E-state index < -0.39 is 23.2 Å². The van der Waals surface area contributed by atoms with Crippen LogP contribution in [-0.4, -0.2) is 35.1 Å². The summed E-state index contributed by atoms with van der Waals surface area (Å²) < 4.78 is 24.3. The molecule has 0 aromatic heterocycles. The number of aliphatic carboxylic acids is 1. The van der Waals surface area contributed by atoms with E-state index in [0.29, 0.717) is 22.3 Å². The Morgan fingerprint density at radius 2 is 1.81 bits per heavy atom. The van der Waals surface area contributed by atoms with E-state index >= 15 is 0 Å². The van der Waals surface area contributed by atoms with Gasteiger partial charge in [-0.25, -0.2) is 4.79 Å². The van der Waals surface area contributed by atoms with E-state index in [9.17, 15) is 14.5 Å². The summed E-state index contributed by atoms with van der Waals surface area (Å²) in [6.07, 6.45) is -0.598. The van der Waals surface area contributed by atoms with Gasteiger partial charge in [0, 0.05) is 29.2 Å². The van der Waals surface area contributed by atoms with Gasteiger partial charge in [-0.05, 0) is 55.0 Å². The highest BCUT2D eigenvalue weighted by atomic mass is 35.5. The average Bonchev–Trinajstić information content (AvgIpc) is 2.79. The van der Waals surface area contributed by atoms with Crippen LogP contribution in [0.15, 0.2) is 76.5 Å². The smallest absolute Gasteiger partial charge is 0.333 e. The summed E-state index contributed by atoms with van der Waals surface area (Å²) in [6, 6.07) is 20.1. The first kappa shape index (κ1) is 22.5. The normalized spacial score (nSPS) is 15.6. The van der Waals surface area contributed by atoms with Crippen LogP contribution in [-0.2, 0) is 27.1 Å². The van der Waals surface area contributed by atoms with Crippen molar-refractivity contribution >= 4 is 40.1 Å². The summed E-state index contributed by atoms with van der Waals surface area (Å²) in [4.78, 5) is 14.6. The minimum Gasteiger partial charge on any atom is -0.606 e. The van der Waals surface area contributed by atoms with Gasteiger partial charge in [0.25, 0.3) is 0 Å². The van der Waals surface area contributed by atoms with Crippen LogP contribution in [0.1, 0.15) is 12.5 Å². The lowest BCUT2D eigenvalue weighted by Gasteiger charge is -2.32. The third-order valence-corrected chi connectivity index (χ3v) is 6.84. The number of benzene rings is 3. The second kappa shape index (κ2) is 9.83. The minimum atomic E-state index is -1.30. The van der Waals surface area contributed by atoms with Crippen molar-refractivity contribution in [3.05, 3.63) is 77.3 Å². The van der Waals surface area contributed by atoms with Gasteiger partial charge in [0.2, 0.25) is 0 Å². The van der Waals surface area contributed by atoms with Crippen molar-refractivity contribution in [2.75, 3.05) is 18.2 Å². The van der Waals surface area contributed by atoms with Crippen molar-refractivity contribution < 1.29 is 23.9 Å². The maximum atomic E-state index is 13.0. The first-order valence-corrected chi connectivity index (χ1v) is 11.6. The molecular weight excluding hydrogens is 450 g/mol. The number of fused-ring (bicyclic) bond motifs is 2. The molecule has 32 heavy (non-hydrogen) atoms. The van der Waals surface area contributed by atoms with Gasteiger partial charge < -0.3 is 19.1 Å². The first-order chi connectivity index (χ1) is 15.5. The fraction of sp³-hybridized carbons (Fsp3) is 0.208. The molecule has 1 aliphatic rings. The monoisotopic (exact) mass is 471 g/mol. The van der Waals surface area contributed by atoms with Crippen molar-refractivity contribution in [1.29, 1.82) is 0 Å². The molecule has 0 radical (unpaired) electrons. The molecule has 2 atom stereocenters. The van der Waals surface area contributed by atoms with Gasteiger partial charge in [-0.15, -0.1) is 0 Å². The van der Waals surface area contributed by atoms with Gasteiger partial charge in [0.15, 0.2) is 22.6 Å². The van der Waals surface area contributed by atoms with Crippen LogP contribution in [0.3, 0.4) is 0 Å². The Bertz CT molecular complexity index is 1110. The first-order valence-electron chi connectivity index (χ1n) is 10.1. The molecule has 4 rings (SSSR count). The van der Waals surface area contributed by atoms with Crippen molar-refractivity contribution in [3.63, 3.8) is 0 Å². The Morgan fingerprint density at radius 3 is 2.53 bits per heavy atom. The standard InChI is InChI=1S/C24H22ClNO5S/c1-2-30-21(24(27)28)13-16-7-10-18(11-8-16)31-15-26-19-5-3-4-6-22(19)32(29)23-12-9-17(25)14-20(23)26/h3-12,14,21H,2,13,15H2,1H3,(H,27,28). The average molecular weight is 472 g/mol. The van der Waals surface area contributed by atoms with E-state index in [2.05, 4.69) is 0 Å². The molecule has 0 aliphatic carbocycles. The highest BCUT2D eigenvalue weighted by Gasteiger charge is 2.34. The Morgan fingerprint density at radius 1 is 1.09 bits per heavy atom. The molecule has 3 aromatic carbocycles. The summed E-state index contributed by atoms with van der Waals surface area (Å²) in [7, 11) is 0. The third-order valence-electron chi connectivity index (χ3n) is 5.12. The molecule has 3 aromatic rings. The SMILES string of the molecule is CCOC(Cc1ccc(OCN2c3ccccc3[S+]([O-])c3ccc(Cl)cc32)cc1)C(=O)O. The predicted molar refractivity (Wildman–Crippen MR) is 123 cm³/mol. The molecule has 6 nitrogen and oxygen atoms in total. The number of nitrogens with zero attached hydrogens (tertiary/aromatic N) is 1. The zero-order valence-corrected chi connectivity index (χ0v) is 18.9. The lowest BCUT2D eigenvalue weighted by molar-refractivity contribution is -0.149. The number of rotatable bonds is 8. The molecule has 8 heteroatoms. The third kappa shape index (κ3) is 4.71. The van der Waals surface area contributed by atoms with E-state index in [-0.39, 0.29) is 13.2 Å². The Hall–Kier alpha value is -2.71. The Balaban J connectivity index is 1.52. The highest BCUT2D eigenvalue weighted by Crippen LogP contribution is 2.44. The largest absolute Gasteiger partial charge is 0.606 e. The minimum absolute atomic E-state index is 0.192. The molecule has 0 bridgehead atoms. The predicted octanol–water partition coefficient (Wildman–Crippen LogP) is 5.03. The summed E-state index contributed by atoms with van der Waals surface area (Å²) in [5.74, 6) is -0.351. The number of carbonyl (C=O) groups is 1. The van der Waals surface area contributed by atoms with E-state index in [1.54, 1.807) is 37.3 Å². The summed E-state index contributed by atoms with van der Waals surface area (Å²) >= 11 is 4.92. The van der Waals surface area contributed by atoms with Crippen LogP contribution in [0.4, 0.5) is 11.4 Å². The van der Waals surface area contributed by atoms with Gasteiger partial charge >= 0.3 is 5.97 Å². The molecule has 0 spiro atoms. The molecule has 2 unspecified atom stereocenters. The highest BCUT2D eigenvalue weighted by molar-refractivity contribution is 7.92. The maximum Gasteiger partial charge on any atom is 0.333 e. The number of carboxylic acids is 1. The van der Waals surface area contributed by atoms with Crippen LogP contribution in [0.5, 0.6) is 5.75 Å². The van der Waals surface area contributed by atoms with Gasteiger partial charge in [-0.2, -0.15) is 0 Å². The second-order valence-electron chi connectivity index (χ2n) is 7.18. The van der Waals surface area contributed by atoms with Crippen molar-refractivity contribution in [2.24, 2.45) is 0 Å². The number of para-hydroxylation sites is 1. The van der Waals surface area contributed by atoms with Crippen LogP contribution < -0.4 is 9.64 Å². The molecule has 0 saturated heterocycles. The maximum absolute atomic E-state index is 13.0. The molecule has 0 saturated carbocycles. The van der Waals surface area contributed by atoms with Crippen molar-refractivity contribution in [1.82, 2.24) is 0 Å². The van der Waals surface area contributed by atoms with E-state index in [4.69, 9.17) is 21.1 Å². The lowest BCUT2D eigenvalue weighted by Crippen LogP contribution is -2.29. The summed E-state index contributed by atoms with van der Waals surface area (Å²) in [5.41, 5.74) is 2.39. The van der Waals surface area contributed by atoms with Crippen LogP contribution >= 0.6 is 11.6 Å². The van der Waals surface area contributed by atoms with Gasteiger partial charge in [0.1, 0.15) is 17.1 Å². The summed E-state index contributed by atoms with van der Waals surface area (Å²) in [6.45, 7) is 2.30. The van der Waals surface area contributed by atoms with Crippen LogP contribution in [0.2, 0.25) is 5.02 Å². The quantitative estimate of drug-likeness (QED) is 0.464. The molecule has 1 N–H and O–H groups in total. The van der Waals surface area contributed by atoms with Crippen LogP contribution in [0.25, 0.3) is 0 Å². The zero-order valence-electron chi connectivity index (χ0n) is 17.4. The molecule has 1 heterocycles. The topological polar surface area (TPSA) is 82.1 Å². The fourth-order valence-corrected chi connectivity index (χ4v) is 5.10. The number of halogens is 1. The Labute approximate surface area is 194 Å². The fourth-order valence-electron chi connectivity index (χ4n) is 3.58. The number of anilines is 2. The number of carboxylic acid groups (broad SMARTS) is 1. The zero-order chi connectivity index (χ0) is 22.7. The van der Waals surface area contributed by atoms with E-state index in [1.165, 1.54) is 0 Å². The molecular formula is C24H22ClNO5S. The van der Waals surface area contributed by atoms with E-state index in [0.717, 1.165) is 21.8 Å². The second-order valence-corrected chi connectivity index (χ2v) is 9.03. The van der Waals surface area contributed by atoms with E-state index in [1.807, 2.05) is 41.3 Å². The number of hydrogen-bond acceptors (Lipinski definition) is 5. The Kier molecular flexibility index (Phi) is 6.91. The van der Waals surface area contributed by atoms with Crippen molar-refractivity contribution in [3.8, 4) is 5.75 Å². The lowest BCUT2D eigenvalue weighted by atomic mass is 10.1.